The number of nitrogens with zero attached hydrogens (tertiary/aromatic N) is 1. The van der Waals surface area contributed by atoms with Crippen molar-refractivity contribution in [1.29, 1.82) is 0 Å². The minimum Gasteiger partial charge on any atom is -0.329 e. The lowest BCUT2D eigenvalue weighted by molar-refractivity contribution is 0.0478. The van der Waals surface area contributed by atoms with Gasteiger partial charge in [-0.15, -0.1) is 0 Å². The summed E-state index contributed by atoms with van der Waals surface area (Å²) in [6.45, 7) is 8.90. The van der Waals surface area contributed by atoms with Crippen LogP contribution in [0.3, 0.4) is 0 Å². The molecule has 0 aromatic carbocycles. The van der Waals surface area contributed by atoms with Crippen LogP contribution in [0.25, 0.3) is 0 Å². The minimum absolute atomic E-state index is 0.295. The fraction of sp³-hybridized carbons (Fsp3) is 1.00. The first kappa shape index (κ1) is 14.0. The molecule has 1 aliphatic rings. The Morgan fingerprint density at radius 3 is 2.62 bits per heavy atom. The first-order chi connectivity index (χ1) is 7.54. The molecule has 0 bridgehead atoms. The maximum Gasteiger partial charge on any atom is 0.0331 e. The molecule has 2 nitrogen and oxygen atoms in total. The van der Waals surface area contributed by atoms with E-state index in [0.717, 1.165) is 18.4 Å². The summed E-state index contributed by atoms with van der Waals surface area (Å²) in [5.41, 5.74) is 6.38. The Hall–Kier alpha value is -0.0800. The van der Waals surface area contributed by atoms with Gasteiger partial charge in [-0.3, -0.25) is 4.90 Å². The van der Waals surface area contributed by atoms with Gasteiger partial charge in [-0.05, 0) is 31.7 Å². The molecule has 0 aliphatic heterocycles. The van der Waals surface area contributed by atoms with Gasteiger partial charge in [-0.2, -0.15) is 0 Å². The molecule has 2 atom stereocenters. The van der Waals surface area contributed by atoms with Crippen LogP contribution in [-0.4, -0.2) is 30.6 Å². The van der Waals surface area contributed by atoms with E-state index in [1.165, 1.54) is 38.6 Å². The van der Waals surface area contributed by atoms with Crippen molar-refractivity contribution in [1.82, 2.24) is 4.90 Å². The molecule has 16 heavy (non-hydrogen) atoms. The van der Waals surface area contributed by atoms with Gasteiger partial charge < -0.3 is 5.73 Å². The molecule has 0 radical (unpaired) electrons. The third kappa shape index (κ3) is 3.21. The van der Waals surface area contributed by atoms with Gasteiger partial charge in [-0.25, -0.2) is 0 Å². The largest absolute Gasteiger partial charge is 0.329 e. The van der Waals surface area contributed by atoms with Gasteiger partial charge in [0.05, 0.1) is 0 Å². The Morgan fingerprint density at radius 1 is 1.44 bits per heavy atom. The van der Waals surface area contributed by atoms with Crippen LogP contribution in [0.15, 0.2) is 0 Å². The van der Waals surface area contributed by atoms with Gasteiger partial charge in [0.25, 0.3) is 0 Å². The van der Waals surface area contributed by atoms with Crippen molar-refractivity contribution in [2.24, 2.45) is 17.6 Å². The molecular weight excluding hydrogens is 196 g/mol. The Labute approximate surface area is 102 Å². The molecule has 96 valence electrons. The lowest BCUT2D eigenvalue weighted by Crippen LogP contribution is -2.55. The molecule has 0 spiro atoms. The molecule has 2 N–H and O–H groups in total. The van der Waals surface area contributed by atoms with Crippen molar-refractivity contribution in [2.75, 3.05) is 20.1 Å². The van der Waals surface area contributed by atoms with Crippen molar-refractivity contribution in [3.63, 3.8) is 0 Å². The van der Waals surface area contributed by atoms with Crippen LogP contribution in [0, 0.1) is 11.8 Å². The summed E-state index contributed by atoms with van der Waals surface area (Å²) in [4.78, 5) is 2.54. The maximum atomic E-state index is 6.09. The molecule has 1 rings (SSSR count). The second kappa shape index (κ2) is 6.02. The van der Waals surface area contributed by atoms with Crippen molar-refractivity contribution in [3.05, 3.63) is 0 Å². The number of hydrogen-bond donors (Lipinski definition) is 1. The molecule has 0 aromatic heterocycles. The molecule has 2 heteroatoms. The molecule has 0 heterocycles. The summed E-state index contributed by atoms with van der Waals surface area (Å²) < 4.78 is 0. The average molecular weight is 226 g/mol. The summed E-state index contributed by atoms with van der Waals surface area (Å²) in [5.74, 6) is 1.63. The van der Waals surface area contributed by atoms with E-state index in [1.807, 2.05) is 0 Å². The first-order valence-corrected chi connectivity index (χ1v) is 6.95. The first-order valence-electron chi connectivity index (χ1n) is 6.95. The number of hydrogen-bond acceptors (Lipinski definition) is 2. The average Bonchev–Trinajstić information content (AvgIpc) is 2.28. The monoisotopic (exact) mass is 226 g/mol. The van der Waals surface area contributed by atoms with Gasteiger partial charge in [-0.1, -0.05) is 40.0 Å². The fourth-order valence-corrected chi connectivity index (χ4v) is 3.24. The van der Waals surface area contributed by atoms with Crippen LogP contribution < -0.4 is 5.73 Å². The normalized spacial score (nSPS) is 31.3. The van der Waals surface area contributed by atoms with Crippen molar-refractivity contribution in [2.45, 2.75) is 58.4 Å². The quantitative estimate of drug-likeness (QED) is 0.781. The van der Waals surface area contributed by atoms with Crippen LogP contribution in [-0.2, 0) is 0 Å². The highest BCUT2D eigenvalue weighted by Crippen LogP contribution is 2.37. The van der Waals surface area contributed by atoms with Crippen LogP contribution in [0.5, 0.6) is 0 Å². The molecule has 0 aromatic rings. The predicted molar refractivity (Wildman–Crippen MR) is 71.5 cm³/mol. The van der Waals surface area contributed by atoms with Crippen LogP contribution >= 0.6 is 0 Å². The van der Waals surface area contributed by atoms with E-state index in [0.29, 0.717) is 5.54 Å². The van der Waals surface area contributed by atoms with E-state index in [9.17, 15) is 0 Å². The van der Waals surface area contributed by atoms with E-state index in [2.05, 4.69) is 32.7 Å². The molecule has 2 unspecified atom stereocenters. The van der Waals surface area contributed by atoms with Crippen LogP contribution in [0.1, 0.15) is 52.9 Å². The van der Waals surface area contributed by atoms with Gasteiger partial charge in [0.2, 0.25) is 0 Å². The summed E-state index contributed by atoms with van der Waals surface area (Å²) in [5, 5.41) is 0. The third-order valence-corrected chi connectivity index (χ3v) is 4.33. The van der Waals surface area contributed by atoms with Crippen molar-refractivity contribution >= 4 is 0 Å². The lowest BCUT2D eigenvalue weighted by Gasteiger charge is -2.47. The maximum absolute atomic E-state index is 6.09. The Balaban J connectivity index is 2.67. The molecule has 0 amide bonds. The zero-order valence-electron chi connectivity index (χ0n) is 11.6. The molecule has 1 fully saturated rings. The number of nitrogens with two attached hydrogens (primary N) is 1. The summed E-state index contributed by atoms with van der Waals surface area (Å²) >= 11 is 0. The number of rotatable bonds is 5. The number of likely N-dealkylation sites (N-methyl/N-ethyl adjacent to an activating group) is 1. The Kier molecular flexibility index (Phi) is 5.26. The van der Waals surface area contributed by atoms with Crippen LogP contribution in [0.2, 0.25) is 0 Å². The van der Waals surface area contributed by atoms with E-state index < -0.39 is 0 Å². The van der Waals surface area contributed by atoms with E-state index in [4.69, 9.17) is 5.73 Å². The summed E-state index contributed by atoms with van der Waals surface area (Å²) in [7, 11) is 2.27. The van der Waals surface area contributed by atoms with Crippen molar-refractivity contribution < 1.29 is 0 Å². The minimum atomic E-state index is 0.295. The van der Waals surface area contributed by atoms with Gasteiger partial charge >= 0.3 is 0 Å². The highest BCUT2D eigenvalue weighted by atomic mass is 15.2. The molecule has 1 saturated carbocycles. The van der Waals surface area contributed by atoms with E-state index in [1.54, 1.807) is 0 Å². The Morgan fingerprint density at radius 2 is 2.12 bits per heavy atom. The van der Waals surface area contributed by atoms with Gasteiger partial charge in [0, 0.05) is 18.6 Å². The second-order valence-corrected chi connectivity index (χ2v) is 6.07. The summed E-state index contributed by atoms with van der Waals surface area (Å²) in [6.07, 6.45) is 6.69. The Bertz CT molecular complexity index is 203. The fourth-order valence-electron chi connectivity index (χ4n) is 3.24. The molecular formula is C14H30N2. The van der Waals surface area contributed by atoms with E-state index in [-0.39, 0.29) is 0 Å². The molecule has 1 aliphatic carbocycles. The van der Waals surface area contributed by atoms with Crippen LogP contribution in [0.4, 0.5) is 0 Å². The van der Waals surface area contributed by atoms with Gasteiger partial charge in [0.15, 0.2) is 0 Å². The predicted octanol–water partition coefficient (Wildman–Crippen LogP) is 2.87. The smallest absolute Gasteiger partial charge is 0.0331 e. The molecule has 0 saturated heterocycles. The zero-order chi connectivity index (χ0) is 12.2. The zero-order valence-corrected chi connectivity index (χ0v) is 11.6. The second-order valence-electron chi connectivity index (χ2n) is 6.07. The lowest BCUT2D eigenvalue weighted by atomic mass is 9.73. The SMILES string of the molecule is CCC1CCCC(CN)(N(C)CC(C)C)C1. The van der Waals surface area contributed by atoms with Gasteiger partial charge in [0.1, 0.15) is 0 Å². The standard InChI is InChI=1S/C14H30N2/c1-5-13-7-6-8-14(9-13,11-15)16(4)10-12(2)3/h12-13H,5-11,15H2,1-4H3. The van der Waals surface area contributed by atoms with Crippen molar-refractivity contribution in [3.8, 4) is 0 Å². The van der Waals surface area contributed by atoms with E-state index >= 15 is 0 Å². The topological polar surface area (TPSA) is 29.3 Å². The third-order valence-electron chi connectivity index (χ3n) is 4.33. The highest BCUT2D eigenvalue weighted by molar-refractivity contribution is 4.95. The highest BCUT2D eigenvalue weighted by Gasteiger charge is 2.37. The summed E-state index contributed by atoms with van der Waals surface area (Å²) in [6, 6.07) is 0.